The van der Waals surface area contributed by atoms with Crippen molar-refractivity contribution in [2.45, 2.75) is 13.5 Å². The van der Waals surface area contributed by atoms with E-state index in [4.69, 9.17) is 0 Å². The molecule has 2 aromatic heterocycles. The molecule has 2 saturated heterocycles. The molecule has 0 radical (unpaired) electrons. The number of fused-ring (bicyclic) bond motifs is 2. The van der Waals surface area contributed by atoms with Gasteiger partial charge in [-0.1, -0.05) is 30.3 Å². The second-order valence-electron chi connectivity index (χ2n) is 7.45. The van der Waals surface area contributed by atoms with E-state index in [0.717, 1.165) is 53.5 Å². The van der Waals surface area contributed by atoms with Crippen LogP contribution >= 0.6 is 23.7 Å². The number of aromatic nitrogens is 2. The van der Waals surface area contributed by atoms with E-state index in [0.29, 0.717) is 11.8 Å². The van der Waals surface area contributed by atoms with Gasteiger partial charge in [-0.3, -0.25) is 9.48 Å². The molecule has 2 aliphatic heterocycles. The average Bonchev–Trinajstić information content (AvgIpc) is 3.38. The maximum absolute atomic E-state index is 13.0. The number of carbonyl (C=O) groups is 1. The van der Waals surface area contributed by atoms with E-state index in [2.05, 4.69) is 22.5 Å². The van der Waals surface area contributed by atoms with Gasteiger partial charge >= 0.3 is 0 Å². The van der Waals surface area contributed by atoms with Gasteiger partial charge in [0.25, 0.3) is 5.91 Å². The number of hydrogen-bond donors (Lipinski definition) is 1. The monoisotopic (exact) mass is 402 g/mol. The molecular weight excluding hydrogens is 380 g/mol. The first-order chi connectivity index (χ1) is 12.7. The molecular formula is C20H23ClN4OS. The zero-order valence-corrected chi connectivity index (χ0v) is 16.9. The molecule has 7 heteroatoms. The molecule has 1 amide bonds. The number of benzene rings is 1. The molecule has 5 rings (SSSR count). The summed E-state index contributed by atoms with van der Waals surface area (Å²) in [7, 11) is 0. The van der Waals surface area contributed by atoms with E-state index < -0.39 is 0 Å². The van der Waals surface area contributed by atoms with Crippen LogP contribution < -0.4 is 5.32 Å². The van der Waals surface area contributed by atoms with Crippen molar-refractivity contribution >= 4 is 39.9 Å². The van der Waals surface area contributed by atoms with E-state index >= 15 is 0 Å². The van der Waals surface area contributed by atoms with Crippen LogP contribution in [0.1, 0.15) is 20.9 Å². The van der Waals surface area contributed by atoms with Crippen LogP contribution in [-0.2, 0) is 6.54 Å². The van der Waals surface area contributed by atoms with Crippen molar-refractivity contribution in [2.24, 2.45) is 11.8 Å². The van der Waals surface area contributed by atoms with Crippen LogP contribution in [0.25, 0.3) is 10.2 Å². The zero-order valence-electron chi connectivity index (χ0n) is 15.2. The third kappa shape index (κ3) is 3.26. The Morgan fingerprint density at radius 1 is 1.22 bits per heavy atom. The van der Waals surface area contributed by atoms with Gasteiger partial charge in [0, 0.05) is 31.6 Å². The second kappa shape index (κ2) is 7.26. The van der Waals surface area contributed by atoms with E-state index in [9.17, 15) is 4.79 Å². The van der Waals surface area contributed by atoms with Gasteiger partial charge in [0.2, 0.25) is 0 Å². The lowest BCUT2D eigenvalue weighted by Crippen LogP contribution is -2.31. The summed E-state index contributed by atoms with van der Waals surface area (Å²) in [5.74, 6) is 1.44. The summed E-state index contributed by atoms with van der Waals surface area (Å²) in [5, 5.41) is 9.22. The first-order valence-electron chi connectivity index (χ1n) is 9.20. The molecule has 27 heavy (non-hydrogen) atoms. The van der Waals surface area contributed by atoms with Crippen molar-refractivity contribution < 1.29 is 4.79 Å². The Balaban J connectivity index is 0.00000180. The van der Waals surface area contributed by atoms with Crippen LogP contribution in [0.4, 0.5) is 0 Å². The maximum atomic E-state index is 13.0. The quantitative estimate of drug-likeness (QED) is 0.732. The summed E-state index contributed by atoms with van der Waals surface area (Å²) in [4.78, 5) is 17.0. The number of amides is 1. The fraction of sp³-hybridized carbons (Fsp3) is 0.400. The molecule has 5 nitrogen and oxygen atoms in total. The number of halogens is 1. The molecule has 2 aliphatic rings. The van der Waals surface area contributed by atoms with E-state index in [1.165, 1.54) is 5.56 Å². The van der Waals surface area contributed by atoms with Crippen molar-refractivity contribution in [1.82, 2.24) is 20.0 Å². The predicted octanol–water partition coefficient (Wildman–Crippen LogP) is 3.17. The van der Waals surface area contributed by atoms with Gasteiger partial charge in [-0.05, 0) is 30.4 Å². The first-order valence-corrected chi connectivity index (χ1v) is 10.0. The number of aryl methyl sites for hydroxylation is 1. The molecule has 0 aliphatic carbocycles. The molecule has 0 unspecified atom stereocenters. The summed E-state index contributed by atoms with van der Waals surface area (Å²) in [6.45, 7) is 6.63. The van der Waals surface area contributed by atoms with Crippen molar-refractivity contribution in [3.05, 3.63) is 52.5 Å². The predicted molar refractivity (Wildman–Crippen MR) is 111 cm³/mol. The van der Waals surface area contributed by atoms with Crippen LogP contribution in [0.5, 0.6) is 0 Å². The number of carbonyl (C=O) groups excluding carboxylic acids is 1. The minimum Gasteiger partial charge on any atom is -0.337 e. The van der Waals surface area contributed by atoms with Crippen LogP contribution in [0.3, 0.4) is 0 Å². The Morgan fingerprint density at radius 2 is 1.93 bits per heavy atom. The number of hydrogen-bond acceptors (Lipinski definition) is 4. The molecule has 1 N–H and O–H groups in total. The van der Waals surface area contributed by atoms with Crippen molar-refractivity contribution in [2.75, 3.05) is 26.2 Å². The molecule has 142 valence electrons. The number of likely N-dealkylation sites (tertiary alicyclic amines) is 1. The molecule has 0 bridgehead atoms. The Labute approximate surface area is 168 Å². The summed E-state index contributed by atoms with van der Waals surface area (Å²) < 4.78 is 2.03. The minimum absolute atomic E-state index is 0. The standard InChI is InChI=1S/C20H22N4OS.ClH/c1-13-17-7-18(19(25)23-11-15-8-21-9-16(15)12-23)26-20(17)24(22-13)10-14-5-3-2-4-6-14;/h2-7,15-16,21H,8-12H2,1H3;1H/t15-,16+;. The molecule has 0 saturated carbocycles. The largest absolute Gasteiger partial charge is 0.337 e. The average molecular weight is 403 g/mol. The summed E-state index contributed by atoms with van der Waals surface area (Å²) >= 11 is 1.58. The lowest BCUT2D eigenvalue weighted by atomic mass is 10.0. The van der Waals surface area contributed by atoms with Crippen LogP contribution in [0, 0.1) is 18.8 Å². The van der Waals surface area contributed by atoms with Crippen molar-refractivity contribution in [3.8, 4) is 0 Å². The van der Waals surface area contributed by atoms with Gasteiger partial charge in [0.1, 0.15) is 4.83 Å². The Morgan fingerprint density at radius 3 is 2.63 bits per heavy atom. The maximum Gasteiger partial charge on any atom is 0.264 e. The highest BCUT2D eigenvalue weighted by molar-refractivity contribution is 7.20. The van der Waals surface area contributed by atoms with Gasteiger partial charge in [-0.2, -0.15) is 5.10 Å². The molecule has 0 spiro atoms. The number of nitrogens with zero attached hydrogens (tertiary/aromatic N) is 3. The fourth-order valence-electron chi connectivity index (χ4n) is 4.26. The highest BCUT2D eigenvalue weighted by Gasteiger charge is 2.38. The number of nitrogens with one attached hydrogen (secondary N) is 1. The second-order valence-corrected chi connectivity index (χ2v) is 8.48. The Bertz CT molecular complexity index is 955. The van der Waals surface area contributed by atoms with E-state index in [1.54, 1.807) is 11.3 Å². The summed E-state index contributed by atoms with van der Waals surface area (Å²) in [6, 6.07) is 12.4. The van der Waals surface area contributed by atoms with Crippen LogP contribution in [0.2, 0.25) is 0 Å². The van der Waals surface area contributed by atoms with Gasteiger partial charge in [-0.25, -0.2) is 0 Å². The Hall–Kier alpha value is -1.89. The summed E-state index contributed by atoms with van der Waals surface area (Å²) in [5.41, 5.74) is 2.21. The summed E-state index contributed by atoms with van der Waals surface area (Å²) in [6.07, 6.45) is 0. The number of thiophene rings is 1. The van der Waals surface area contributed by atoms with Crippen molar-refractivity contribution in [3.63, 3.8) is 0 Å². The smallest absolute Gasteiger partial charge is 0.264 e. The van der Waals surface area contributed by atoms with Gasteiger partial charge in [0.05, 0.1) is 17.1 Å². The van der Waals surface area contributed by atoms with Crippen LogP contribution in [0.15, 0.2) is 36.4 Å². The minimum atomic E-state index is 0. The number of rotatable bonds is 3. The molecule has 4 heterocycles. The van der Waals surface area contributed by atoms with Gasteiger partial charge in [-0.15, -0.1) is 23.7 Å². The molecule has 2 fully saturated rings. The van der Waals surface area contributed by atoms with Crippen LogP contribution in [-0.4, -0.2) is 46.8 Å². The zero-order chi connectivity index (χ0) is 17.7. The molecule has 3 aromatic rings. The van der Waals surface area contributed by atoms with E-state index in [1.807, 2.05) is 40.8 Å². The topological polar surface area (TPSA) is 50.2 Å². The lowest BCUT2D eigenvalue weighted by molar-refractivity contribution is 0.0786. The SMILES string of the molecule is Cc1nn(Cc2ccccc2)c2sc(C(=O)N3C[C@H]4CNC[C@H]4C3)cc12.Cl. The Kier molecular flexibility index (Phi) is 4.97. The van der Waals surface area contributed by atoms with Gasteiger partial charge < -0.3 is 10.2 Å². The normalized spacial score (nSPS) is 21.4. The fourth-order valence-corrected chi connectivity index (χ4v) is 5.39. The molecule has 1 aromatic carbocycles. The third-order valence-electron chi connectivity index (χ3n) is 5.67. The first kappa shape index (κ1) is 18.5. The highest BCUT2D eigenvalue weighted by Crippen LogP contribution is 2.32. The van der Waals surface area contributed by atoms with Crippen molar-refractivity contribution in [1.29, 1.82) is 0 Å². The lowest BCUT2D eigenvalue weighted by Gasteiger charge is -2.16. The highest BCUT2D eigenvalue weighted by atomic mass is 35.5. The van der Waals surface area contributed by atoms with Gasteiger partial charge in [0.15, 0.2) is 0 Å². The molecule has 2 atom stereocenters. The van der Waals surface area contributed by atoms with E-state index in [-0.39, 0.29) is 18.3 Å². The third-order valence-corrected chi connectivity index (χ3v) is 6.81.